The van der Waals surface area contributed by atoms with Crippen LogP contribution in [0.1, 0.15) is 44.6 Å². The topological polar surface area (TPSA) is 66.4 Å². The molecule has 0 spiro atoms. The molecule has 2 aliphatic rings. The minimum absolute atomic E-state index is 0.262. The zero-order valence-electron chi connectivity index (χ0n) is 17.4. The molecule has 1 N–H and O–H groups in total. The van der Waals surface area contributed by atoms with Crippen molar-refractivity contribution in [2.75, 3.05) is 33.5 Å². The summed E-state index contributed by atoms with van der Waals surface area (Å²) in [6.07, 6.45) is 4.10. The first-order chi connectivity index (χ1) is 14.1. The quantitative estimate of drug-likeness (QED) is 0.581. The first-order valence-corrected chi connectivity index (χ1v) is 10.5. The van der Waals surface area contributed by atoms with Gasteiger partial charge in [-0.3, -0.25) is 0 Å². The Bertz CT molecular complexity index is 688. The third-order valence-corrected chi connectivity index (χ3v) is 5.35. The summed E-state index contributed by atoms with van der Waals surface area (Å²) in [6, 6.07) is 7.36. The van der Waals surface area contributed by atoms with Gasteiger partial charge in [0.1, 0.15) is 5.75 Å². The molecule has 2 heterocycles. The number of hydrogen-bond acceptors (Lipinski definition) is 6. The van der Waals surface area contributed by atoms with Crippen molar-refractivity contribution >= 4 is 0 Å². The minimum Gasteiger partial charge on any atom is -0.497 e. The molecule has 0 radical (unpaired) electrons. The fourth-order valence-electron chi connectivity index (χ4n) is 3.71. The van der Waals surface area contributed by atoms with Crippen molar-refractivity contribution in [3.8, 4) is 17.6 Å². The summed E-state index contributed by atoms with van der Waals surface area (Å²) >= 11 is 0. The van der Waals surface area contributed by atoms with Gasteiger partial charge in [0.15, 0.2) is 6.10 Å². The Morgan fingerprint density at radius 1 is 1.17 bits per heavy atom. The van der Waals surface area contributed by atoms with Crippen LogP contribution in [0.2, 0.25) is 0 Å². The molecule has 2 fully saturated rings. The van der Waals surface area contributed by atoms with Crippen LogP contribution in [-0.4, -0.2) is 57.0 Å². The highest BCUT2D eigenvalue weighted by Crippen LogP contribution is 2.36. The lowest BCUT2D eigenvalue weighted by Crippen LogP contribution is -2.40. The molecule has 0 aromatic heterocycles. The van der Waals surface area contributed by atoms with Gasteiger partial charge in [-0.1, -0.05) is 18.1 Å². The molecule has 0 aliphatic carbocycles. The fourth-order valence-corrected chi connectivity index (χ4v) is 3.71. The van der Waals surface area contributed by atoms with Crippen molar-refractivity contribution in [3.63, 3.8) is 0 Å². The van der Waals surface area contributed by atoms with Gasteiger partial charge in [-0.25, -0.2) is 0 Å². The highest BCUT2D eigenvalue weighted by atomic mass is 16.7. The smallest absolute Gasteiger partial charge is 0.233 e. The van der Waals surface area contributed by atoms with E-state index in [1.807, 2.05) is 24.3 Å². The van der Waals surface area contributed by atoms with Crippen LogP contribution in [-0.2, 0) is 24.7 Å². The van der Waals surface area contributed by atoms with Gasteiger partial charge >= 0.3 is 0 Å². The van der Waals surface area contributed by atoms with E-state index in [9.17, 15) is 5.11 Å². The number of ether oxygens (including phenoxy) is 5. The molecule has 1 aromatic rings. The van der Waals surface area contributed by atoms with E-state index in [0.717, 1.165) is 25.7 Å². The summed E-state index contributed by atoms with van der Waals surface area (Å²) < 4.78 is 28.4. The van der Waals surface area contributed by atoms with Gasteiger partial charge in [0.2, 0.25) is 5.79 Å². The van der Waals surface area contributed by atoms with Gasteiger partial charge in [-0.2, -0.15) is 0 Å². The van der Waals surface area contributed by atoms with Gasteiger partial charge in [0.05, 0.1) is 45.7 Å². The number of hydrogen-bond donors (Lipinski definition) is 1. The maximum atomic E-state index is 10.8. The molecular weight excluding hydrogens is 372 g/mol. The van der Waals surface area contributed by atoms with Crippen molar-refractivity contribution in [2.45, 2.75) is 63.1 Å². The molecule has 6 heteroatoms. The third kappa shape index (κ3) is 5.94. The van der Waals surface area contributed by atoms with Crippen LogP contribution in [0.4, 0.5) is 0 Å². The summed E-state index contributed by atoms with van der Waals surface area (Å²) in [5, 5.41) is 10.8. The normalized spacial score (nSPS) is 25.3. The standard InChI is InChI=1S/C23H32O6/c1-18-11-12-20(27-14-13-26-18)8-4-3-5-10-22(24)23(28-15-16-29-23)19-7-6-9-21(17-19)25-2/h6-7,9,17-18,20,22,24H,3-4,8,11-16H2,1-2H3. The molecule has 29 heavy (non-hydrogen) atoms. The summed E-state index contributed by atoms with van der Waals surface area (Å²) in [4.78, 5) is 0. The Morgan fingerprint density at radius 2 is 1.97 bits per heavy atom. The van der Waals surface area contributed by atoms with Crippen LogP contribution in [0.5, 0.6) is 5.75 Å². The maximum Gasteiger partial charge on any atom is 0.233 e. The van der Waals surface area contributed by atoms with E-state index in [0.29, 0.717) is 50.3 Å². The largest absolute Gasteiger partial charge is 0.497 e. The monoisotopic (exact) mass is 404 g/mol. The third-order valence-electron chi connectivity index (χ3n) is 5.35. The molecular formula is C23H32O6. The predicted octanol–water partition coefficient (Wildman–Crippen LogP) is 3.01. The second kappa shape index (κ2) is 11.0. The van der Waals surface area contributed by atoms with Gasteiger partial charge in [-0.05, 0) is 44.7 Å². The second-order valence-corrected chi connectivity index (χ2v) is 7.46. The maximum absolute atomic E-state index is 10.8. The van der Waals surface area contributed by atoms with Crippen LogP contribution in [0.3, 0.4) is 0 Å². The minimum atomic E-state index is -1.26. The van der Waals surface area contributed by atoms with E-state index in [1.165, 1.54) is 0 Å². The molecule has 160 valence electrons. The van der Waals surface area contributed by atoms with Gasteiger partial charge in [0.25, 0.3) is 0 Å². The molecule has 3 atom stereocenters. The number of methoxy groups -OCH3 is 1. The van der Waals surface area contributed by atoms with Crippen molar-refractivity contribution in [1.82, 2.24) is 0 Å². The molecule has 6 nitrogen and oxygen atoms in total. The molecule has 0 saturated carbocycles. The van der Waals surface area contributed by atoms with Crippen molar-refractivity contribution in [3.05, 3.63) is 29.8 Å². The SMILES string of the molecule is COc1cccc(C2(C(O)C#CCCCC3CCC(C)OCCO3)OCCO2)c1. The molecule has 2 aliphatic heterocycles. The summed E-state index contributed by atoms with van der Waals surface area (Å²) in [5.41, 5.74) is 0.704. The van der Waals surface area contributed by atoms with Crippen LogP contribution in [0, 0.1) is 11.8 Å². The van der Waals surface area contributed by atoms with E-state index < -0.39 is 11.9 Å². The van der Waals surface area contributed by atoms with E-state index in [-0.39, 0.29) is 6.10 Å². The number of benzene rings is 1. The molecule has 1 aromatic carbocycles. The molecule has 3 rings (SSSR count). The lowest BCUT2D eigenvalue weighted by molar-refractivity contribution is -0.213. The van der Waals surface area contributed by atoms with E-state index in [4.69, 9.17) is 23.7 Å². The van der Waals surface area contributed by atoms with Crippen LogP contribution in [0.15, 0.2) is 24.3 Å². The number of aliphatic hydroxyl groups excluding tert-OH is 1. The van der Waals surface area contributed by atoms with Crippen molar-refractivity contribution in [2.24, 2.45) is 0 Å². The molecule has 3 unspecified atom stereocenters. The Balaban J connectivity index is 1.54. The van der Waals surface area contributed by atoms with Crippen LogP contribution < -0.4 is 4.74 Å². The molecule has 0 bridgehead atoms. The van der Waals surface area contributed by atoms with Crippen LogP contribution >= 0.6 is 0 Å². The number of aliphatic hydroxyl groups is 1. The van der Waals surface area contributed by atoms with Gasteiger partial charge in [-0.15, -0.1) is 5.92 Å². The lowest BCUT2D eigenvalue weighted by Gasteiger charge is -2.30. The van der Waals surface area contributed by atoms with Gasteiger partial charge < -0.3 is 28.8 Å². The Kier molecular flexibility index (Phi) is 8.34. The Labute approximate surface area is 173 Å². The van der Waals surface area contributed by atoms with Crippen molar-refractivity contribution in [1.29, 1.82) is 0 Å². The van der Waals surface area contributed by atoms with Crippen LogP contribution in [0.25, 0.3) is 0 Å². The summed E-state index contributed by atoms with van der Waals surface area (Å²) in [5.74, 6) is 5.43. The summed E-state index contributed by atoms with van der Waals surface area (Å²) in [7, 11) is 1.60. The molecule has 0 amide bonds. The highest BCUT2D eigenvalue weighted by Gasteiger charge is 2.45. The number of unbranched alkanes of at least 4 members (excludes halogenated alkanes) is 1. The van der Waals surface area contributed by atoms with E-state index >= 15 is 0 Å². The zero-order chi connectivity index (χ0) is 20.5. The average molecular weight is 405 g/mol. The summed E-state index contributed by atoms with van der Waals surface area (Å²) in [6.45, 7) is 4.25. The van der Waals surface area contributed by atoms with Crippen molar-refractivity contribution < 1.29 is 28.8 Å². The zero-order valence-corrected chi connectivity index (χ0v) is 17.4. The Hall–Kier alpha value is -1.62. The van der Waals surface area contributed by atoms with Gasteiger partial charge in [0, 0.05) is 12.0 Å². The van der Waals surface area contributed by atoms with E-state index in [1.54, 1.807) is 7.11 Å². The van der Waals surface area contributed by atoms with E-state index in [2.05, 4.69) is 18.8 Å². The highest BCUT2D eigenvalue weighted by molar-refractivity contribution is 5.34. The first-order valence-electron chi connectivity index (χ1n) is 10.5. The average Bonchev–Trinajstić information content (AvgIpc) is 3.23. The number of rotatable bonds is 6. The predicted molar refractivity (Wildman–Crippen MR) is 109 cm³/mol. The second-order valence-electron chi connectivity index (χ2n) is 7.46. The molecule has 2 saturated heterocycles. The fraction of sp³-hybridized carbons (Fsp3) is 0.652. The Morgan fingerprint density at radius 3 is 2.76 bits per heavy atom. The first kappa shape index (κ1) is 22.1. The lowest BCUT2D eigenvalue weighted by atomic mass is 9.99.